The van der Waals surface area contributed by atoms with Gasteiger partial charge in [-0.1, -0.05) is 33.6 Å². The summed E-state index contributed by atoms with van der Waals surface area (Å²) in [5, 5.41) is 0.723. The first-order chi connectivity index (χ1) is 6.66. The zero-order valence-electron chi connectivity index (χ0n) is 7.59. The molecule has 14 heavy (non-hydrogen) atoms. The summed E-state index contributed by atoms with van der Waals surface area (Å²) in [6.07, 6.45) is 2.64. The van der Waals surface area contributed by atoms with Crippen LogP contribution in [0.1, 0.15) is 18.4 Å². The minimum absolute atomic E-state index is 0.243. The minimum Gasteiger partial charge on any atom is -0.299 e. The van der Waals surface area contributed by atoms with Gasteiger partial charge in [0.05, 0.1) is 0 Å². The van der Waals surface area contributed by atoms with Gasteiger partial charge in [0, 0.05) is 21.8 Å². The monoisotopic (exact) mass is 272 g/mol. The second-order valence-corrected chi connectivity index (χ2v) is 4.93. The molecule has 1 atom stereocenters. The van der Waals surface area contributed by atoms with Crippen LogP contribution in [0.15, 0.2) is 22.7 Å². The highest BCUT2D eigenvalue weighted by Gasteiger charge is 2.28. The number of carbonyl (C=O) groups excluding carboxylic acids is 1. The quantitative estimate of drug-likeness (QED) is 0.804. The average molecular weight is 274 g/mol. The zero-order valence-corrected chi connectivity index (χ0v) is 9.94. The maximum absolute atomic E-state index is 11.2. The van der Waals surface area contributed by atoms with E-state index in [-0.39, 0.29) is 5.92 Å². The van der Waals surface area contributed by atoms with E-state index in [4.69, 9.17) is 11.6 Å². The van der Waals surface area contributed by atoms with Crippen molar-refractivity contribution in [1.82, 2.24) is 0 Å². The topological polar surface area (TPSA) is 17.1 Å². The molecule has 1 saturated carbocycles. The van der Waals surface area contributed by atoms with Crippen molar-refractivity contribution < 1.29 is 4.79 Å². The first-order valence-electron chi connectivity index (χ1n) is 4.63. The van der Waals surface area contributed by atoms with Gasteiger partial charge in [-0.05, 0) is 30.5 Å². The molecule has 0 bridgehead atoms. The van der Waals surface area contributed by atoms with Gasteiger partial charge in [-0.25, -0.2) is 0 Å². The molecule has 0 heterocycles. The summed E-state index contributed by atoms with van der Waals surface area (Å²) in [7, 11) is 0. The maximum atomic E-state index is 11.2. The van der Waals surface area contributed by atoms with Gasteiger partial charge in [-0.15, -0.1) is 0 Å². The number of benzene rings is 1. The average Bonchev–Trinajstić information content (AvgIpc) is 2.14. The molecule has 0 aromatic heterocycles. The van der Waals surface area contributed by atoms with Gasteiger partial charge in [0.15, 0.2) is 0 Å². The van der Waals surface area contributed by atoms with Gasteiger partial charge in [-0.2, -0.15) is 0 Å². The highest BCUT2D eigenvalue weighted by Crippen LogP contribution is 2.30. The molecular weight excluding hydrogens is 263 g/mol. The van der Waals surface area contributed by atoms with Crippen molar-refractivity contribution in [2.24, 2.45) is 5.92 Å². The zero-order chi connectivity index (χ0) is 10.1. The van der Waals surface area contributed by atoms with E-state index in [0.717, 1.165) is 28.8 Å². The van der Waals surface area contributed by atoms with Crippen LogP contribution in [0.4, 0.5) is 0 Å². The molecule has 0 amide bonds. The van der Waals surface area contributed by atoms with Crippen LogP contribution in [0.3, 0.4) is 0 Å². The van der Waals surface area contributed by atoms with Crippen molar-refractivity contribution in [2.45, 2.75) is 19.3 Å². The third kappa shape index (κ3) is 2.01. The molecule has 1 fully saturated rings. The summed E-state index contributed by atoms with van der Waals surface area (Å²) >= 11 is 9.29. The number of carbonyl (C=O) groups is 1. The first kappa shape index (κ1) is 10.2. The van der Waals surface area contributed by atoms with Crippen molar-refractivity contribution in [3.63, 3.8) is 0 Å². The Morgan fingerprint density at radius 1 is 1.50 bits per heavy atom. The van der Waals surface area contributed by atoms with Crippen molar-refractivity contribution in [2.75, 3.05) is 0 Å². The molecule has 0 spiro atoms. The van der Waals surface area contributed by atoms with Crippen molar-refractivity contribution in [3.8, 4) is 0 Å². The van der Waals surface area contributed by atoms with Gasteiger partial charge in [0.1, 0.15) is 5.78 Å². The Morgan fingerprint density at radius 2 is 2.29 bits per heavy atom. The summed E-state index contributed by atoms with van der Waals surface area (Å²) in [4.78, 5) is 11.2. The number of halogens is 2. The number of ketones is 1. The predicted octanol–water partition coefficient (Wildman–Crippen LogP) is 3.62. The highest BCUT2D eigenvalue weighted by molar-refractivity contribution is 9.10. The standard InChI is InChI=1S/C11H10BrClO/c12-10-6-9(13)3-1-7(10)5-8-2-4-11(8)14/h1,3,6,8H,2,4-5H2/t8-/m0/s1. The molecule has 0 aliphatic heterocycles. The smallest absolute Gasteiger partial charge is 0.136 e. The van der Waals surface area contributed by atoms with E-state index in [1.165, 1.54) is 5.56 Å². The van der Waals surface area contributed by atoms with Crippen molar-refractivity contribution in [1.29, 1.82) is 0 Å². The fraction of sp³-hybridized carbons (Fsp3) is 0.364. The molecule has 0 radical (unpaired) electrons. The van der Waals surface area contributed by atoms with Crippen LogP contribution in [0.5, 0.6) is 0 Å². The number of rotatable bonds is 2. The van der Waals surface area contributed by atoms with Crippen molar-refractivity contribution in [3.05, 3.63) is 33.3 Å². The lowest BCUT2D eigenvalue weighted by Crippen LogP contribution is -2.27. The second kappa shape index (κ2) is 4.03. The first-order valence-corrected chi connectivity index (χ1v) is 5.80. The predicted molar refractivity (Wildman–Crippen MR) is 60.6 cm³/mol. The summed E-state index contributed by atoms with van der Waals surface area (Å²) in [6.45, 7) is 0. The lowest BCUT2D eigenvalue weighted by Gasteiger charge is -2.24. The molecule has 1 nitrogen and oxygen atoms in total. The van der Waals surface area contributed by atoms with Crippen LogP contribution < -0.4 is 0 Å². The molecular formula is C11H10BrClO. The van der Waals surface area contributed by atoms with Crippen LogP contribution in [-0.2, 0) is 11.2 Å². The summed E-state index contributed by atoms with van der Waals surface area (Å²) < 4.78 is 1.00. The molecule has 2 rings (SSSR count). The lowest BCUT2D eigenvalue weighted by molar-refractivity contribution is -0.129. The molecule has 74 valence electrons. The summed E-state index contributed by atoms with van der Waals surface area (Å²) in [5.41, 5.74) is 1.17. The fourth-order valence-corrected chi connectivity index (χ4v) is 2.48. The molecule has 1 aromatic rings. The number of Topliss-reactive ketones (excluding diaryl/α,β-unsaturated/α-hetero) is 1. The number of hydrogen-bond donors (Lipinski definition) is 0. The van der Waals surface area contributed by atoms with Crippen LogP contribution in [0.2, 0.25) is 5.02 Å². The summed E-state index contributed by atoms with van der Waals surface area (Å²) in [6, 6.07) is 5.73. The molecule has 3 heteroatoms. The molecule has 0 N–H and O–H groups in total. The number of hydrogen-bond acceptors (Lipinski definition) is 1. The third-order valence-electron chi connectivity index (χ3n) is 2.68. The second-order valence-electron chi connectivity index (χ2n) is 3.64. The van der Waals surface area contributed by atoms with Crippen LogP contribution in [0.25, 0.3) is 0 Å². The highest BCUT2D eigenvalue weighted by atomic mass is 79.9. The molecule has 0 unspecified atom stereocenters. The van der Waals surface area contributed by atoms with E-state index >= 15 is 0 Å². The molecule has 1 aromatic carbocycles. The SMILES string of the molecule is O=C1CC[C@H]1Cc1ccc(Cl)cc1Br. The van der Waals surface area contributed by atoms with E-state index in [1.54, 1.807) is 0 Å². The van der Waals surface area contributed by atoms with Crippen LogP contribution >= 0.6 is 27.5 Å². The van der Waals surface area contributed by atoms with E-state index in [9.17, 15) is 4.79 Å². The normalized spacial score (nSPS) is 20.7. The Labute approximate surface area is 96.6 Å². The van der Waals surface area contributed by atoms with Crippen LogP contribution in [-0.4, -0.2) is 5.78 Å². The maximum Gasteiger partial charge on any atom is 0.136 e. The Kier molecular flexibility index (Phi) is 2.93. The van der Waals surface area contributed by atoms with Gasteiger partial charge in [0.2, 0.25) is 0 Å². The van der Waals surface area contributed by atoms with Gasteiger partial charge >= 0.3 is 0 Å². The Morgan fingerprint density at radius 3 is 2.79 bits per heavy atom. The Bertz CT molecular complexity index is 376. The Balaban J connectivity index is 2.12. The van der Waals surface area contributed by atoms with Gasteiger partial charge < -0.3 is 0 Å². The van der Waals surface area contributed by atoms with Gasteiger partial charge in [-0.3, -0.25) is 4.79 Å². The Hall–Kier alpha value is -0.340. The van der Waals surface area contributed by atoms with Crippen LogP contribution in [0, 0.1) is 5.92 Å². The third-order valence-corrected chi connectivity index (χ3v) is 3.65. The van der Waals surface area contributed by atoms with Gasteiger partial charge in [0.25, 0.3) is 0 Å². The fourth-order valence-electron chi connectivity index (χ4n) is 1.63. The van der Waals surface area contributed by atoms with E-state index in [2.05, 4.69) is 15.9 Å². The summed E-state index contributed by atoms with van der Waals surface area (Å²) in [5.74, 6) is 0.638. The van der Waals surface area contributed by atoms with E-state index in [1.807, 2.05) is 18.2 Å². The van der Waals surface area contributed by atoms with E-state index < -0.39 is 0 Å². The minimum atomic E-state index is 0.243. The van der Waals surface area contributed by atoms with Crippen molar-refractivity contribution >= 4 is 33.3 Å². The van der Waals surface area contributed by atoms with E-state index in [0.29, 0.717) is 5.78 Å². The lowest BCUT2D eigenvalue weighted by atomic mass is 9.79. The molecule has 1 aliphatic rings. The molecule has 0 saturated heterocycles. The molecule has 1 aliphatic carbocycles. The largest absolute Gasteiger partial charge is 0.299 e.